The molecule has 1 N–H and O–H groups in total. The fourth-order valence-electron chi connectivity index (χ4n) is 2.89. The molecule has 1 aromatic heterocycles. The summed E-state index contributed by atoms with van der Waals surface area (Å²) in [5.41, 5.74) is 0.751. The van der Waals surface area contributed by atoms with E-state index < -0.39 is 10.8 Å². The van der Waals surface area contributed by atoms with Crippen LogP contribution in [0.3, 0.4) is 0 Å². The zero-order valence-corrected chi connectivity index (χ0v) is 19.8. The molecule has 0 aliphatic carbocycles. The van der Waals surface area contributed by atoms with Crippen LogP contribution >= 0.6 is 50.6 Å². The molecule has 0 spiro atoms. The third-order valence-corrected chi connectivity index (χ3v) is 7.17. The first-order chi connectivity index (χ1) is 13.8. The van der Waals surface area contributed by atoms with Crippen molar-refractivity contribution in [3.05, 3.63) is 91.9 Å². The van der Waals surface area contributed by atoms with Crippen molar-refractivity contribution in [2.24, 2.45) is 0 Å². The van der Waals surface area contributed by atoms with E-state index in [-0.39, 0.29) is 12.2 Å². The van der Waals surface area contributed by atoms with Crippen molar-refractivity contribution in [3.8, 4) is 0 Å². The van der Waals surface area contributed by atoms with Gasteiger partial charge in [-0.3, -0.25) is 9.59 Å². The molecular formula is C22H21BrClNO2S2. The van der Waals surface area contributed by atoms with E-state index >= 15 is 0 Å². The predicted molar refractivity (Wildman–Crippen MR) is 128 cm³/mol. The van der Waals surface area contributed by atoms with E-state index in [2.05, 4.69) is 34.4 Å². The Labute approximate surface area is 193 Å². The molecule has 3 nitrogen and oxygen atoms in total. The highest BCUT2D eigenvalue weighted by Gasteiger charge is 2.38. The summed E-state index contributed by atoms with van der Waals surface area (Å²) in [4.78, 5) is 25.5. The Balaban J connectivity index is 2.41. The quantitative estimate of drug-likeness (QED) is 0.281. The number of amides is 1. The molecule has 0 saturated heterocycles. The lowest BCUT2D eigenvalue weighted by Crippen LogP contribution is -2.45. The van der Waals surface area contributed by atoms with Crippen LogP contribution in [0, 0.1) is 0 Å². The second-order valence-corrected chi connectivity index (χ2v) is 9.80. The molecule has 0 radical (unpaired) electrons. The van der Waals surface area contributed by atoms with Crippen LogP contribution in [0.4, 0.5) is 0 Å². The van der Waals surface area contributed by atoms with Crippen molar-refractivity contribution in [2.45, 2.75) is 24.1 Å². The normalized spacial score (nSPS) is 14.5. The van der Waals surface area contributed by atoms with Crippen LogP contribution in [0.15, 0.2) is 80.8 Å². The predicted octanol–water partition coefficient (Wildman–Crippen LogP) is 6.40. The maximum absolute atomic E-state index is 13.2. The maximum atomic E-state index is 13.2. The zero-order chi connectivity index (χ0) is 21.4. The molecule has 7 heteroatoms. The molecule has 0 fully saturated rings. The fourth-order valence-corrected chi connectivity index (χ4v) is 4.98. The Bertz CT molecular complexity index is 909. The summed E-state index contributed by atoms with van der Waals surface area (Å²) in [6.45, 7) is 9.24. The minimum Gasteiger partial charge on any atom is -0.345 e. The maximum Gasteiger partial charge on any atom is 0.208 e. The van der Waals surface area contributed by atoms with Gasteiger partial charge in [-0.1, -0.05) is 58.9 Å². The molecule has 29 heavy (non-hydrogen) atoms. The highest BCUT2D eigenvalue weighted by atomic mass is 79.9. The number of halogens is 2. The Kier molecular flexibility index (Phi) is 8.96. The van der Waals surface area contributed by atoms with Crippen molar-refractivity contribution < 1.29 is 9.59 Å². The summed E-state index contributed by atoms with van der Waals surface area (Å²) < 4.78 is 0.918. The summed E-state index contributed by atoms with van der Waals surface area (Å²) >= 11 is 12.3. The highest BCUT2D eigenvalue weighted by Crippen LogP contribution is 2.38. The lowest BCUT2D eigenvalue weighted by molar-refractivity contribution is -0.120. The minimum absolute atomic E-state index is 0.0219. The van der Waals surface area contributed by atoms with Gasteiger partial charge in [-0.05, 0) is 53.1 Å². The van der Waals surface area contributed by atoms with Gasteiger partial charge in [-0.2, -0.15) is 11.3 Å². The smallest absolute Gasteiger partial charge is 0.208 e. The molecule has 2 unspecified atom stereocenters. The lowest BCUT2D eigenvalue weighted by atomic mass is 9.80. The molecule has 2 atom stereocenters. The zero-order valence-electron chi connectivity index (χ0n) is 15.9. The van der Waals surface area contributed by atoms with Crippen LogP contribution in [0.2, 0.25) is 0 Å². The molecule has 2 rings (SSSR count). The summed E-state index contributed by atoms with van der Waals surface area (Å²) in [5.74, 6) is -0.0219. The summed E-state index contributed by atoms with van der Waals surface area (Å²) in [7, 11) is 0. The summed E-state index contributed by atoms with van der Waals surface area (Å²) in [5, 5.41) is 6.78. The van der Waals surface area contributed by atoms with Gasteiger partial charge in [0.15, 0.2) is 0 Å². The van der Waals surface area contributed by atoms with Crippen molar-refractivity contribution in [3.63, 3.8) is 0 Å². The first-order valence-corrected chi connectivity index (χ1v) is 11.7. The van der Waals surface area contributed by atoms with E-state index in [1.54, 1.807) is 12.2 Å². The number of nitrogens with one attached hydrogen (secondary N) is 1. The van der Waals surface area contributed by atoms with Gasteiger partial charge in [0.2, 0.25) is 6.41 Å². The second-order valence-electron chi connectivity index (χ2n) is 6.26. The van der Waals surface area contributed by atoms with Crippen LogP contribution in [0.5, 0.6) is 0 Å². The monoisotopic (exact) mass is 509 g/mol. The van der Waals surface area contributed by atoms with Crippen LogP contribution in [-0.2, 0) is 15.1 Å². The second kappa shape index (κ2) is 11.0. The van der Waals surface area contributed by atoms with Crippen LogP contribution in [-0.4, -0.2) is 17.4 Å². The van der Waals surface area contributed by atoms with Crippen molar-refractivity contribution in [2.75, 3.05) is 0 Å². The van der Waals surface area contributed by atoms with E-state index in [9.17, 15) is 9.59 Å². The van der Waals surface area contributed by atoms with Gasteiger partial charge < -0.3 is 5.32 Å². The SMILES string of the molecule is C=C/C=C(/SC(C)C(=O)CC(NC=O)(c1ccc(Br)cc1)c1ccsc1)C(=C)Cl. The number of rotatable bonds is 11. The summed E-state index contributed by atoms with van der Waals surface area (Å²) in [6.07, 6.45) is 4.09. The number of ketones is 1. The van der Waals surface area contributed by atoms with Crippen LogP contribution < -0.4 is 5.32 Å². The molecule has 0 aliphatic rings. The number of hydrogen-bond acceptors (Lipinski definition) is 4. The Morgan fingerprint density at radius 3 is 2.55 bits per heavy atom. The number of carbonyl (C=O) groups excluding carboxylic acids is 2. The lowest BCUT2D eigenvalue weighted by Gasteiger charge is -2.34. The van der Waals surface area contributed by atoms with Crippen molar-refractivity contribution in [1.29, 1.82) is 0 Å². The highest BCUT2D eigenvalue weighted by molar-refractivity contribution is 9.10. The van der Waals surface area contributed by atoms with Crippen molar-refractivity contribution >= 4 is 62.8 Å². The van der Waals surface area contributed by atoms with E-state index in [4.69, 9.17) is 11.6 Å². The van der Waals surface area contributed by atoms with E-state index in [0.717, 1.165) is 15.6 Å². The van der Waals surface area contributed by atoms with Gasteiger partial charge in [0, 0.05) is 20.8 Å². The molecule has 0 saturated carbocycles. The molecule has 0 aliphatic heterocycles. The van der Waals surface area contributed by atoms with Gasteiger partial charge in [0.1, 0.15) is 5.78 Å². The third-order valence-electron chi connectivity index (χ3n) is 4.39. The Morgan fingerprint density at radius 2 is 2.03 bits per heavy atom. The number of thiophene rings is 1. The molecule has 1 aromatic carbocycles. The molecule has 0 bridgehead atoms. The Morgan fingerprint density at radius 1 is 1.34 bits per heavy atom. The molecule has 1 amide bonds. The number of Topliss-reactive ketones (excluding diaryl/α,β-unsaturated/α-hetero) is 1. The number of thioether (sulfide) groups is 1. The molecule has 1 heterocycles. The molecule has 152 valence electrons. The summed E-state index contributed by atoms with van der Waals surface area (Å²) in [6, 6.07) is 9.54. The minimum atomic E-state index is -0.950. The van der Waals surface area contributed by atoms with Crippen LogP contribution in [0.1, 0.15) is 24.5 Å². The first kappa shape index (κ1) is 23.7. The number of hydrogen-bond donors (Lipinski definition) is 1. The van der Waals surface area contributed by atoms with Crippen molar-refractivity contribution in [1.82, 2.24) is 5.32 Å². The average Bonchev–Trinajstić information content (AvgIpc) is 3.22. The van der Waals surface area contributed by atoms with Gasteiger partial charge in [0.25, 0.3) is 0 Å². The number of carbonyl (C=O) groups is 2. The number of benzene rings is 1. The van der Waals surface area contributed by atoms with Gasteiger partial charge in [-0.15, -0.1) is 11.8 Å². The van der Waals surface area contributed by atoms with Gasteiger partial charge >= 0.3 is 0 Å². The first-order valence-electron chi connectivity index (χ1n) is 8.71. The Hall–Kier alpha value is -1.60. The molecule has 2 aromatic rings. The standard InChI is InChI=1S/C22H21BrClNO2S2/c1-4-5-21(15(2)24)29-16(3)20(27)12-22(25-14-26,18-10-11-28-13-18)17-6-8-19(23)9-7-17/h4-11,13-14,16H,1-2,12H2,3H3,(H,25,26)/b21-5+. The van der Waals surface area contributed by atoms with E-state index in [0.29, 0.717) is 16.3 Å². The van der Waals surface area contributed by atoms with Gasteiger partial charge in [0.05, 0.1) is 10.8 Å². The van der Waals surface area contributed by atoms with E-state index in [1.165, 1.54) is 23.1 Å². The average molecular weight is 511 g/mol. The topological polar surface area (TPSA) is 46.2 Å². The fraction of sp³-hybridized carbons (Fsp3) is 0.182. The third kappa shape index (κ3) is 5.95. The van der Waals surface area contributed by atoms with Gasteiger partial charge in [-0.25, -0.2) is 0 Å². The molecular weight excluding hydrogens is 490 g/mol. The van der Waals surface area contributed by atoms with Crippen LogP contribution in [0.25, 0.3) is 0 Å². The van der Waals surface area contributed by atoms with E-state index in [1.807, 2.05) is 48.0 Å². The number of allylic oxidation sites excluding steroid dienone is 3. The largest absolute Gasteiger partial charge is 0.345 e.